The maximum atomic E-state index is 12.0. The molecule has 0 spiro atoms. The molecule has 0 saturated carbocycles. The molecule has 9 heteroatoms. The highest BCUT2D eigenvalue weighted by Crippen LogP contribution is 2.32. The Morgan fingerprint density at radius 3 is 2.84 bits per heavy atom. The van der Waals surface area contributed by atoms with E-state index in [-0.39, 0.29) is 10.9 Å². The molecule has 102 valence electrons. The average molecular weight is 319 g/mol. The number of carbonyl (C=O) groups is 1. The van der Waals surface area contributed by atoms with Crippen molar-refractivity contribution in [3.8, 4) is 0 Å². The van der Waals surface area contributed by atoms with Gasteiger partial charge < -0.3 is 4.42 Å². The molecular weight excluding hydrogens is 310 g/mol. The Morgan fingerprint density at radius 2 is 2.26 bits per heavy atom. The topological polar surface area (TPSA) is 87.8 Å². The summed E-state index contributed by atoms with van der Waals surface area (Å²) in [5, 5.41) is 0. The van der Waals surface area contributed by atoms with Crippen LogP contribution in [0.3, 0.4) is 0 Å². The minimum Gasteiger partial charge on any atom is -0.465 e. The summed E-state index contributed by atoms with van der Waals surface area (Å²) in [5.41, 5.74) is 0. The van der Waals surface area contributed by atoms with Gasteiger partial charge in [-0.3, -0.25) is 14.2 Å². The second kappa shape index (κ2) is 5.45. The summed E-state index contributed by atoms with van der Waals surface area (Å²) in [7, 11) is -4.13. The van der Waals surface area contributed by atoms with Crippen molar-refractivity contribution >= 4 is 50.4 Å². The summed E-state index contributed by atoms with van der Waals surface area (Å²) in [6.07, 6.45) is 3.01. The highest BCUT2D eigenvalue weighted by Gasteiger charge is 2.32. The quantitative estimate of drug-likeness (QED) is 0.509. The van der Waals surface area contributed by atoms with Crippen molar-refractivity contribution in [2.24, 2.45) is 0 Å². The number of hydrogen-bond donors (Lipinski definition) is 1. The smallest absolute Gasteiger partial charge is 0.266 e. The van der Waals surface area contributed by atoms with E-state index in [0.717, 1.165) is 16.7 Å². The van der Waals surface area contributed by atoms with E-state index in [2.05, 4.69) is 0 Å². The predicted molar refractivity (Wildman–Crippen MR) is 75.0 cm³/mol. The van der Waals surface area contributed by atoms with Crippen molar-refractivity contribution in [3.63, 3.8) is 0 Å². The Labute approximate surface area is 119 Å². The number of carbonyl (C=O) groups excluding carboxylic acids is 1. The van der Waals surface area contributed by atoms with Gasteiger partial charge in [0.05, 0.1) is 16.9 Å². The van der Waals surface area contributed by atoms with Gasteiger partial charge in [-0.2, -0.15) is 8.42 Å². The molecule has 0 radical (unpaired) electrons. The van der Waals surface area contributed by atoms with Crippen LogP contribution in [-0.2, 0) is 14.9 Å². The summed E-state index contributed by atoms with van der Waals surface area (Å²) in [6, 6.07) is 3.37. The first-order valence-electron chi connectivity index (χ1n) is 5.11. The largest absolute Gasteiger partial charge is 0.465 e. The Kier molecular flexibility index (Phi) is 4.09. The van der Waals surface area contributed by atoms with Crippen LogP contribution in [0.15, 0.2) is 27.7 Å². The molecule has 6 nitrogen and oxygen atoms in total. The van der Waals surface area contributed by atoms with Crippen LogP contribution >= 0.6 is 24.0 Å². The number of amides is 1. The van der Waals surface area contributed by atoms with Crippen LogP contribution in [0.1, 0.15) is 5.76 Å². The Balaban J connectivity index is 2.13. The molecule has 1 saturated heterocycles. The zero-order valence-electron chi connectivity index (χ0n) is 9.48. The molecule has 0 bridgehead atoms. The standard InChI is InChI=1S/C10H9NO5S3/c12-9-8(6-7-2-1-4-16-7)18-10(17)11(9)3-5-19(13,14)15/h1-2,4,6H,3,5H2,(H,13,14,15)/b8-6+. The van der Waals surface area contributed by atoms with Crippen molar-refractivity contribution in [2.75, 3.05) is 12.3 Å². The lowest BCUT2D eigenvalue weighted by atomic mass is 10.3. The number of hydrogen-bond acceptors (Lipinski definition) is 6. The van der Waals surface area contributed by atoms with Gasteiger partial charge in [-0.25, -0.2) is 0 Å². The lowest BCUT2D eigenvalue weighted by Crippen LogP contribution is -2.32. The Hall–Kier alpha value is -1.16. The van der Waals surface area contributed by atoms with E-state index in [9.17, 15) is 13.2 Å². The van der Waals surface area contributed by atoms with E-state index < -0.39 is 21.8 Å². The Morgan fingerprint density at radius 1 is 1.53 bits per heavy atom. The molecule has 1 aliphatic heterocycles. The number of nitrogens with zero attached hydrogens (tertiary/aromatic N) is 1. The van der Waals surface area contributed by atoms with Gasteiger partial charge in [0.1, 0.15) is 10.1 Å². The van der Waals surface area contributed by atoms with Crippen LogP contribution in [0, 0.1) is 0 Å². The van der Waals surface area contributed by atoms with E-state index in [1.54, 1.807) is 12.1 Å². The lowest BCUT2D eigenvalue weighted by Gasteiger charge is -2.12. The third-order valence-electron chi connectivity index (χ3n) is 2.26. The van der Waals surface area contributed by atoms with Crippen LogP contribution in [0.4, 0.5) is 0 Å². The second-order valence-corrected chi connectivity index (χ2v) is 6.88. The molecule has 2 rings (SSSR count). The molecule has 1 amide bonds. The van der Waals surface area contributed by atoms with Crippen LogP contribution in [0.25, 0.3) is 6.08 Å². The molecule has 19 heavy (non-hydrogen) atoms. The summed E-state index contributed by atoms with van der Waals surface area (Å²) >= 11 is 6.06. The van der Waals surface area contributed by atoms with Gasteiger partial charge in [-0.05, 0) is 12.1 Å². The summed E-state index contributed by atoms with van der Waals surface area (Å²) in [4.78, 5) is 13.5. The summed E-state index contributed by atoms with van der Waals surface area (Å²) in [5.74, 6) is -0.432. The molecule has 1 aromatic heterocycles. The fraction of sp³-hybridized carbons (Fsp3) is 0.200. The number of rotatable bonds is 4. The molecule has 0 aromatic carbocycles. The van der Waals surface area contributed by atoms with E-state index >= 15 is 0 Å². The number of thioether (sulfide) groups is 1. The third kappa shape index (κ3) is 3.66. The maximum Gasteiger partial charge on any atom is 0.266 e. The SMILES string of the molecule is O=C1/C(=C\c2ccco2)SC(=S)N1CCS(=O)(=O)O. The van der Waals surface area contributed by atoms with Gasteiger partial charge in [-0.15, -0.1) is 0 Å². The highest BCUT2D eigenvalue weighted by atomic mass is 32.2. The van der Waals surface area contributed by atoms with Gasteiger partial charge in [0.25, 0.3) is 16.0 Å². The minimum atomic E-state index is -4.13. The molecule has 1 fully saturated rings. The lowest BCUT2D eigenvalue weighted by molar-refractivity contribution is -0.121. The Bertz CT molecular complexity index is 632. The zero-order chi connectivity index (χ0) is 14.0. The normalized spacial score (nSPS) is 18.6. The molecular formula is C10H9NO5S3. The first-order valence-corrected chi connectivity index (χ1v) is 7.94. The van der Waals surface area contributed by atoms with Gasteiger partial charge in [0.15, 0.2) is 0 Å². The van der Waals surface area contributed by atoms with E-state index in [0.29, 0.717) is 10.7 Å². The molecule has 1 aliphatic rings. The highest BCUT2D eigenvalue weighted by molar-refractivity contribution is 8.26. The first kappa shape index (κ1) is 14.3. The van der Waals surface area contributed by atoms with Crippen molar-refractivity contribution < 1.29 is 22.2 Å². The van der Waals surface area contributed by atoms with Crippen molar-refractivity contribution in [1.82, 2.24) is 4.90 Å². The fourth-order valence-electron chi connectivity index (χ4n) is 1.40. The molecule has 2 heterocycles. The van der Waals surface area contributed by atoms with Gasteiger partial charge >= 0.3 is 0 Å². The zero-order valence-corrected chi connectivity index (χ0v) is 11.9. The second-order valence-electron chi connectivity index (χ2n) is 3.63. The monoisotopic (exact) mass is 319 g/mol. The summed E-state index contributed by atoms with van der Waals surface area (Å²) < 4.78 is 35.4. The van der Waals surface area contributed by atoms with Gasteiger partial charge in [-0.1, -0.05) is 24.0 Å². The number of thiocarbonyl (C=S) groups is 1. The molecule has 0 atom stereocenters. The van der Waals surface area contributed by atoms with Crippen LogP contribution in [0.2, 0.25) is 0 Å². The number of furan rings is 1. The maximum absolute atomic E-state index is 12.0. The third-order valence-corrected chi connectivity index (χ3v) is 4.34. The average Bonchev–Trinajstić information content (AvgIpc) is 2.87. The molecule has 0 unspecified atom stereocenters. The predicted octanol–water partition coefficient (Wildman–Crippen LogP) is 1.37. The fourth-order valence-corrected chi connectivity index (χ4v) is 3.10. The van der Waals surface area contributed by atoms with Crippen molar-refractivity contribution in [2.45, 2.75) is 0 Å². The molecule has 0 aliphatic carbocycles. The van der Waals surface area contributed by atoms with Crippen LogP contribution < -0.4 is 0 Å². The molecule has 1 N–H and O–H groups in total. The van der Waals surface area contributed by atoms with Crippen LogP contribution in [-0.4, -0.2) is 40.4 Å². The van der Waals surface area contributed by atoms with Gasteiger partial charge in [0, 0.05) is 12.6 Å². The van der Waals surface area contributed by atoms with Crippen LogP contribution in [0.5, 0.6) is 0 Å². The summed E-state index contributed by atoms with van der Waals surface area (Å²) in [6.45, 7) is -0.168. The molecule has 1 aromatic rings. The first-order chi connectivity index (χ1) is 8.87. The van der Waals surface area contributed by atoms with Gasteiger partial charge in [0.2, 0.25) is 0 Å². The van der Waals surface area contributed by atoms with E-state index in [1.165, 1.54) is 12.3 Å². The van der Waals surface area contributed by atoms with Crippen molar-refractivity contribution in [1.29, 1.82) is 0 Å². The van der Waals surface area contributed by atoms with E-state index in [1.807, 2.05) is 0 Å². The minimum absolute atomic E-state index is 0.168. The van der Waals surface area contributed by atoms with Crippen molar-refractivity contribution in [3.05, 3.63) is 29.1 Å². The van der Waals surface area contributed by atoms with E-state index in [4.69, 9.17) is 21.2 Å².